The van der Waals surface area contributed by atoms with Gasteiger partial charge >= 0.3 is 0 Å². The van der Waals surface area contributed by atoms with Gasteiger partial charge in [-0.2, -0.15) is 0 Å². The molecule has 1 unspecified atom stereocenters. The molecule has 4 N–H and O–H groups in total. The van der Waals surface area contributed by atoms with Gasteiger partial charge in [-0.3, -0.25) is 4.99 Å². The van der Waals surface area contributed by atoms with Crippen LogP contribution in [0.5, 0.6) is 5.75 Å². The molecule has 0 saturated heterocycles. The van der Waals surface area contributed by atoms with Crippen molar-refractivity contribution in [1.29, 1.82) is 0 Å². The van der Waals surface area contributed by atoms with E-state index in [9.17, 15) is 12.8 Å². The largest absolute Gasteiger partial charge is 0.489 e. The molecule has 9 heteroatoms. The van der Waals surface area contributed by atoms with Gasteiger partial charge < -0.3 is 15.4 Å². The highest BCUT2D eigenvalue weighted by Crippen LogP contribution is 2.14. The molecular formula is C19H25FN4O3S. The van der Waals surface area contributed by atoms with Gasteiger partial charge in [0.2, 0.25) is 10.0 Å². The van der Waals surface area contributed by atoms with Crippen LogP contribution in [-0.2, 0) is 16.6 Å². The first-order valence-corrected chi connectivity index (χ1v) is 10.3. The van der Waals surface area contributed by atoms with E-state index in [1.165, 1.54) is 24.3 Å². The average molecular weight is 408 g/mol. The highest BCUT2D eigenvalue weighted by atomic mass is 32.2. The van der Waals surface area contributed by atoms with E-state index in [4.69, 9.17) is 9.88 Å². The minimum absolute atomic E-state index is 0.0595. The summed E-state index contributed by atoms with van der Waals surface area (Å²) in [5.74, 6) is 0.651. The molecule has 2 rings (SSSR count). The Kier molecular flexibility index (Phi) is 7.77. The molecular weight excluding hydrogens is 383 g/mol. The van der Waals surface area contributed by atoms with Crippen molar-refractivity contribution in [2.75, 3.05) is 13.6 Å². The average Bonchev–Trinajstić information content (AvgIpc) is 2.66. The van der Waals surface area contributed by atoms with Gasteiger partial charge in [0.1, 0.15) is 17.7 Å². The second kappa shape index (κ2) is 10.0. The summed E-state index contributed by atoms with van der Waals surface area (Å²) in [6.07, 6.45) is 0.544. The van der Waals surface area contributed by atoms with Gasteiger partial charge in [0.05, 0.1) is 11.4 Å². The number of aliphatic imine (C=N–C) groups is 1. The van der Waals surface area contributed by atoms with Crippen molar-refractivity contribution >= 4 is 16.0 Å². The number of ether oxygens (including phenoxy) is 1. The number of halogens is 1. The van der Waals surface area contributed by atoms with Gasteiger partial charge in [-0.1, -0.05) is 25.1 Å². The quantitative estimate of drug-likeness (QED) is 0.458. The molecule has 0 aromatic heterocycles. The molecule has 2 aromatic carbocycles. The molecule has 0 amide bonds. The van der Waals surface area contributed by atoms with Crippen LogP contribution in [0.15, 0.2) is 58.4 Å². The number of nitrogens with zero attached hydrogens (tertiary/aromatic N) is 1. The summed E-state index contributed by atoms with van der Waals surface area (Å²) in [5, 5.41) is 11.4. The van der Waals surface area contributed by atoms with Gasteiger partial charge in [0, 0.05) is 19.7 Å². The van der Waals surface area contributed by atoms with Crippen molar-refractivity contribution < 1.29 is 17.5 Å². The lowest BCUT2D eigenvalue weighted by atomic mass is 10.2. The van der Waals surface area contributed by atoms with E-state index in [2.05, 4.69) is 15.6 Å². The SMILES string of the molecule is CCC(CNC(=NC)NCc1cccc(S(N)(=O)=O)c1)Oc1cccc(F)c1. The number of benzene rings is 2. The second-order valence-electron chi connectivity index (χ2n) is 6.10. The van der Waals surface area contributed by atoms with Crippen LogP contribution in [0.25, 0.3) is 0 Å². The Morgan fingerprint density at radius 3 is 2.61 bits per heavy atom. The van der Waals surface area contributed by atoms with Crippen LogP contribution >= 0.6 is 0 Å². The van der Waals surface area contributed by atoms with E-state index < -0.39 is 10.0 Å². The fourth-order valence-corrected chi connectivity index (χ4v) is 3.04. The maximum atomic E-state index is 13.3. The number of primary sulfonamides is 1. The number of guanidine groups is 1. The molecule has 0 fully saturated rings. The zero-order chi connectivity index (χ0) is 20.6. The predicted molar refractivity (Wildman–Crippen MR) is 107 cm³/mol. The van der Waals surface area contributed by atoms with Crippen LogP contribution in [0.2, 0.25) is 0 Å². The molecule has 0 aliphatic rings. The predicted octanol–water partition coefficient (Wildman–Crippen LogP) is 2.00. The van der Waals surface area contributed by atoms with Gasteiger partial charge in [0.15, 0.2) is 5.96 Å². The lowest BCUT2D eigenvalue weighted by molar-refractivity contribution is 0.198. The Hall–Kier alpha value is -2.65. The normalized spacial score (nSPS) is 13.1. The molecule has 0 radical (unpaired) electrons. The van der Waals surface area contributed by atoms with Crippen molar-refractivity contribution in [2.45, 2.75) is 30.9 Å². The Bertz CT molecular complexity index is 919. The van der Waals surface area contributed by atoms with Gasteiger partial charge in [-0.15, -0.1) is 0 Å². The Morgan fingerprint density at radius 1 is 1.21 bits per heavy atom. The number of nitrogens with two attached hydrogens (primary N) is 1. The molecule has 7 nitrogen and oxygen atoms in total. The van der Waals surface area contributed by atoms with Crippen LogP contribution in [0, 0.1) is 5.82 Å². The number of rotatable bonds is 8. The zero-order valence-corrected chi connectivity index (χ0v) is 16.7. The fraction of sp³-hybridized carbons (Fsp3) is 0.316. The van der Waals surface area contributed by atoms with Crippen molar-refractivity contribution in [1.82, 2.24) is 10.6 Å². The zero-order valence-electron chi connectivity index (χ0n) is 15.9. The summed E-state index contributed by atoms with van der Waals surface area (Å²) in [7, 11) is -2.11. The van der Waals surface area contributed by atoms with Crippen molar-refractivity contribution in [3.63, 3.8) is 0 Å². The first kappa shape index (κ1) is 21.6. The fourth-order valence-electron chi connectivity index (χ4n) is 2.45. The summed E-state index contributed by atoms with van der Waals surface area (Å²) in [5.41, 5.74) is 0.748. The van der Waals surface area contributed by atoms with E-state index in [0.29, 0.717) is 24.8 Å². The molecule has 2 aromatic rings. The van der Waals surface area contributed by atoms with E-state index in [-0.39, 0.29) is 16.8 Å². The number of sulfonamides is 1. The van der Waals surface area contributed by atoms with Crippen LogP contribution in [0.4, 0.5) is 4.39 Å². The first-order chi connectivity index (χ1) is 13.3. The monoisotopic (exact) mass is 408 g/mol. The second-order valence-corrected chi connectivity index (χ2v) is 7.67. The van der Waals surface area contributed by atoms with E-state index >= 15 is 0 Å². The van der Waals surface area contributed by atoms with Gasteiger partial charge in [-0.05, 0) is 36.2 Å². The first-order valence-electron chi connectivity index (χ1n) is 8.80. The van der Waals surface area contributed by atoms with Crippen LogP contribution in [0.3, 0.4) is 0 Å². The molecule has 1 atom stereocenters. The summed E-state index contributed by atoms with van der Waals surface area (Å²) >= 11 is 0. The summed E-state index contributed by atoms with van der Waals surface area (Å²) in [4.78, 5) is 4.20. The maximum absolute atomic E-state index is 13.3. The van der Waals surface area contributed by atoms with Crippen LogP contribution in [0.1, 0.15) is 18.9 Å². The van der Waals surface area contributed by atoms with Crippen molar-refractivity contribution in [3.05, 3.63) is 59.9 Å². The number of nitrogens with one attached hydrogen (secondary N) is 2. The highest BCUT2D eigenvalue weighted by molar-refractivity contribution is 7.89. The van der Waals surface area contributed by atoms with Gasteiger partial charge in [-0.25, -0.2) is 17.9 Å². The third-order valence-electron chi connectivity index (χ3n) is 3.96. The lowest BCUT2D eigenvalue weighted by Gasteiger charge is -2.20. The summed E-state index contributed by atoms with van der Waals surface area (Å²) < 4.78 is 42.0. The molecule has 0 heterocycles. The highest BCUT2D eigenvalue weighted by Gasteiger charge is 2.11. The lowest BCUT2D eigenvalue weighted by Crippen LogP contribution is -2.42. The molecule has 0 aliphatic heterocycles. The number of hydrogen-bond donors (Lipinski definition) is 3. The number of hydrogen-bond acceptors (Lipinski definition) is 4. The minimum Gasteiger partial charge on any atom is -0.489 e. The van der Waals surface area contributed by atoms with Crippen LogP contribution < -0.4 is 20.5 Å². The molecule has 0 saturated carbocycles. The van der Waals surface area contributed by atoms with Crippen LogP contribution in [-0.4, -0.2) is 34.1 Å². The minimum atomic E-state index is -3.74. The van der Waals surface area contributed by atoms with Crippen molar-refractivity contribution in [3.8, 4) is 5.75 Å². The smallest absolute Gasteiger partial charge is 0.238 e. The standard InChI is InChI=1S/C19H25FN4O3S/c1-3-16(27-17-8-5-7-15(20)11-17)13-24-19(22-2)23-12-14-6-4-9-18(10-14)28(21,25)26/h4-11,16H,3,12-13H2,1-2H3,(H2,21,25,26)(H2,22,23,24). The summed E-state index contributed by atoms with van der Waals surface area (Å²) in [6.45, 7) is 2.80. The Morgan fingerprint density at radius 2 is 1.96 bits per heavy atom. The van der Waals surface area contributed by atoms with E-state index in [1.54, 1.807) is 31.3 Å². The molecule has 152 valence electrons. The molecule has 28 heavy (non-hydrogen) atoms. The Balaban J connectivity index is 1.90. The van der Waals surface area contributed by atoms with Crippen molar-refractivity contribution in [2.24, 2.45) is 10.1 Å². The molecule has 0 bridgehead atoms. The third-order valence-corrected chi connectivity index (χ3v) is 4.87. The molecule has 0 spiro atoms. The topological polar surface area (TPSA) is 106 Å². The molecule has 0 aliphatic carbocycles. The van der Waals surface area contributed by atoms with Gasteiger partial charge in [0.25, 0.3) is 0 Å². The third kappa shape index (κ3) is 6.82. The van der Waals surface area contributed by atoms with E-state index in [0.717, 1.165) is 12.0 Å². The maximum Gasteiger partial charge on any atom is 0.238 e. The Labute approximate surface area is 164 Å². The van der Waals surface area contributed by atoms with E-state index in [1.807, 2.05) is 6.92 Å². The summed E-state index contributed by atoms with van der Waals surface area (Å²) in [6, 6.07) is 12.4.